The molecule has 1 aliphatic heterocycles. The molecular weight excluding hydrogens is 346 g/mol. The molecule has 1 saturated heterocycles. The first-order chi connectivity index (χ1) is 13.7. The number of rotatable bonds is 5. The molecule has 1 N–H and O–H groups in total. The number of nitrogens with one attached hydrogen (secondary N) is 1. The van der Waals surface area contributed by atoms with Gasteiger partial charge < -0.3 is 10.2 Å². The van der Waals surface area contributed by atoms with Gasteiger partial charge in [-0.3, -0.25) is 4.90 Å². The summed E-state index contributed by atoms with van der Waals surface area (Å²) in [5.41, 5.74) is 4.86. The summed E-state index contributed by atoms with van der Waals surface area (Å²) in [5.74, 6) is 1.64. The fraction of sp³-hybridized carbons (Fsp3) is 0.304. The first-order valence-electron chi connectivity index (χ1n) is 9.86. The maximum absolute atomic E-state index is 4.77. The first kappa shape index (κ1) is 18.4. The number of nitrogens with zero attached hydrogens (tertiary/aromatic N) is 4. The largest absolute Gasteiger partial charge is 0.354 e. The van der Waals surface area contributed by atoms with Gasteiger partial charge in [0.2, 0.25) is 5.95 Å². The van der Waals surface area contributed by atoms with Crippen molar-refractivity contribution in [3.05, 3.63) is 77.5 Å². The molecule has 0 radical (unpaired) electrons. The molecule has 1 fully saturated rings. The third-order valence-electron chi connectivity index (χ3n) is 5.30. The number of aryl methyl sites for hydroxylation is 2. The highest BCUT2D eigenvalue weighted by Gasteiger charge is 2.18. The summed E-state index contributed by atoms with van der Waals surface area (Å²) < 4.78 is 0. The highest BCUT2D eigenvalue weighted by Crippen LogP contribution is 2.24. The van der Waals surface area contributed by atoms with Gasteiger partial charge in [-0.05, 0) is 36.6 Å². The Morgan fingerprint density at radius 3 is 2.29 bits per heavy atom. The van der Waals surface area contributed by atoms with Crippen molar-refractivity contribution in [2.45, 2.75) is 20.4 Å². The van der Waals surface area contributed by atoms with Crippen molar-refractivity contribution in [3.8, 4) is 0 Å². The topological polar surface area (TPSA) is 44.3 Å². The van der Waals surface area contributed by atoms with Gasteiger partial charge in [0.25, 0.3) is 0 Å². The zero-order valence-electron chi connectivity index (χ0n) is 16.6. The van der Waals surface area contributed by atoms with Gasteiger partial charge in [-0.1, -0.05) is 48.5 Å². The van der Waals surface area contributed by atoms with Crippen molar-refractivity contribution in [2.24, 2.45) is 0 Å². The SMILES string of the molecule is Cc1cccc(C)c1Nc1nccc(N2CCN(Cc3ccccc3)CC2)n1. The lowest BCUT2D eigenvalue weighted by Gasteiger charge is -2.35. The molecule has 1 aromatic heterocycles. The van der Waals surface area contributed by atoms with E-state index in [0.717, 1.165) is 44.2 Å². The minimum atomic E-state index is 0.654. The summed E-state index contributed by atoms with van der Waals surface area (Å²) in [6, 6.07) is 19.0. The smallest absolute Gasteiger partial charge is 0.229 e. The van der Waals surface area contributed by atoms with E-state index < -0.39 is 0 Å². The summed E-state index contributed by atoms with van der Waals surface area (Å²) >= 11 is 0. The van der Waals surface area contributed by atoms with Crippen LogP contribution in [0, 0.1) is 13.8 Å². The fourth-order valence-electron chi connectivity index (χ4n) is 3.69. The van der Waals surface area contributed by atoms with Gasteiger partial charge in [0, 0.05) is 44.6 Å². The molecule has 0 atom stereocenters. The third-order valence-corrected chi connectivity index (χ3v) is 5.30. The molecule has 0 saturated carbocycles. The van der Waals surface area contributed by atoms with Crippen LogP contribution in [0.3, 0.4) is 0 Å². The molecular formula is C23H27N5. The average molecular weight is 374 g/mol. The Labute approximate surface area is 167 Å². The van der Waals surface area contributed by atoms with Crippen LogP contribution in [0.2, 0.25) is 0 Å². The van der Waals surface area contributed by atoms with Crippen LogP contribution in [-0.2, 0) is 6.54 Å². The Bertz CT molecular complexity index is 897. The molecule has 144 valence electrons. The van der Waals surface area contributed by atoms with E-state index in [2.05, 4.69) is 82.5 Å². The van der Waals surface area contributed by atoms with Crippen LogP contribution in [0.15, 0.2) is 60.8 Å². The van der Waals surface area contributed by atoms with E-state index in [4.69, 9.17) is 4.98 Å². The molecule has 4 rings (SSSR count). The lowest BCUT2D eigenvalue weighted by atomic mass is 10.1. The number of hydrogen-bond donors (Lipinski definition) is 1. The number of piperazine rings is 1. The molecule has 0 spiro atoms. The van der Waals surface area contributed by atoms with Crippen molar-refractivity contribution in [3.63, 3.8) is 0 Å². The summed E-state index contributed by atoms with van der Waals surface area (Å²) in [6.45, 7) is 9.25. The minimum Gasteiger partial charge on any atom is -0.354 e. The molecule has 0 aliphatic carbocycles. The van der Waals surface area contributed by atoms with Crippen molar-refractivity contribution in [1.82, 2.24) is 14.9 Å². The lowest BCUT2D eigenvalue weighted by molar-refractivity contribution is 0.249. The molecule has 0 amide bonds. The van der Waals surface area contributed by atoms with Gasteiger partial charge in [0.05, 0.1) is 0 Å². The van der Waals surface area contributed by atoms with Crippen molar-refractivity contribution in [2.75, 3.05) is 36.4 Å². The Morgan fingerprint density at radius 1 is 0.857 bits per heavy atom. The predicted octanol–water partition coefficient (Wildman–Crippen LogP) is 4.16. The molecule has 3 aromatic rings. The van der Waals surface area contributed by atoms with Crippen molar-refractivity contribution < 1.29 is 0 Å². The van der Waals surface area contributed by atoms with Crippen LogP contribution in [0.1, 0.15) is 16.7 Å². The monoisotopic (exact) mass is 373 g/mol. The van der Waals surface area contributed by atoms with E-state index in [1.807, 2.05) is 12.3 Å². The standard InChI is InChI=1S/C23H27N5/c1-18-7-6-8-19(2)22(18)26-23-24-12-11-21(25-23)28-15-13-27(14-16-28)17-20-9-4-3-5-10-20/h3-12H,13-17H2,1-2H3,(H,24,25,26). The summed E-state index contributed by atoms with van der Waals surface area (Å²) in [7, 11) is 0. The van der Waals surface area contributed by atoms with E-state index in [1.54, 1.807) is 0 Å². The van der Waals surface area contributed by atoms with E-state index in [-0.39, 0.29) is 0 Å². The number of aromatic nitrogens is 2. The highest BCUT2D eigenvalue weighted by molar-refractivity contribution is 5.63. The maximum atomic E-state index is 4.77. The second kappa shape index (κ2) is 8.40. The van der Waals surface area contributed by atoms with Crippen molar-refractivity contribution >= 4 is 17.5 Å². The predicted molar refractivity (Wildman–Crippen MR) is 115 cm³/mol. The van der Waals surface area contributed by atoms with Gasteiger partial charge in [-0.2, -0.15) is 4.98 Å². The summed E-state index contributed by atoms with van der Waals surface area (Å²) in [6.07, 6.45) is 1.84. The van der Waals surface area contributed by atoms with Crippen LogP contribution >= 0.6 is 0 Å². The highest BCUT2D eigenvalue weighted by atomic mass is 15.3. The second-order valence-electron chi connectivity index (χ2n) is 7.38. The Balaban J connectivity index is 1.40. The zero-order valence-corrected chi connectivity index (χ0v) is 16.6. The molecule has 2 heterocycles. The van der Waals surface area contributed by atoms with Gasteiger partial charge in [0.15, 0.2) is 0 Å². The van der Waals surface area contributed by atoms with Crippen LogP contribution in [0.5, 0.6) is 0 Å². The Morgan fingerprint density at radius 2 is 1.57 bits per heavy atom. The normalized spacial score (nSPS) is 14.9. The zero-order chi connectivity index (χ0) is 19.3. The second-order valence-corrected chi connectivity index (χ2v) is 7.38. The molecule has 0 bridgehead atoms. The molecule has 2 aromatic carbocycles. The van der Waals surface area contributed by atoms with E-state index in [9.17, 15) is 0 Å². The Hall–Kier alpha value is -2.92. The molecule has 1 aliphatic rings. The summed E-state index contributed by atoms with van der Waals surface area (Å²) in [5, 5.41) is 3.40. The quantitative estimate of drug-likeness (QED) is 0.727. The Kier molecular flexibility index (Phi) is 5.53. The van der Waals surface area contributed by atoms with Crippen LogP contribution in [0.4, 0.5) is 17.5 Å². The minimum absolute atomic E-state index is 0.654. The molecule has 5 heteroatoms. The van der Waals surface area contributed by atoms with Crippen molar-refractivity contribution in [1.29, 1.82) is 0 Å². The van der Waals surface area contributed by atoms with E-state index >= 15 is 0 Å². The van der Waals surface area contributed by atoms with Gasteiger partial charge in [0.1, 0.15) is 5.82 Å². The number of benzene rings is 2. The van der Waals surface area contributed by atoms with Crippen LogP contribution in [0.25, 0.3) is 0 Å². The first-order valence-corrected chi connectivity index (χ1v) is 9.86. The van der Waals surface area contributed by atoms with Gasteiger partial charge in [-0.25, -0.2) is 4.98 Å². The van der Waals surface area contributed by atoms with Gasteiger partial charge in [-0.15, -0.1) is 0 Å². The summed E-state index contributed by atoms with van der Waals surface area (Å²) in [4.78, 5) is 14.0. The number of para-hydroxylation sites is 1. The molecule has 0 unspecified atom stereocenters. The molecule has 5 nitrogen and oxygen atoms in total. The van der Waals surface area contributed by atoms with Crippen LogP contribution < -0.4 is 10.2 Å². The van der Waals surface area contributed by atoms with E-state index in [1.165, 1.54) is 16.7 Å². The van der Waals surface area contributed by atoms with E-state index in [0.29, 0.717) is 5.95 Å². The third kappa shape index (κ3) is 4.31. The maximum Gasteiger partial charge on any atom is 0.229 e. The lowest BCUT2D eigenvalue weighted by Crippen LogP contribution is -2.46. The fourth-order valence-corrected chi connectivity index (χ4v) is 3.69. The van der Waals surface area contributed by atoms with Gasteiger partial charge >= 0.3 is 0 Å². The van der Waals surface area contributed by atoms with Crippen LogP contribution in [-0.4, -0.2) is 41.0 Å². The number of hydrogen-bond acceptors (Lipinski definition) is 5. The average Bonchev–Trinajstić information content (AvgIpc) is 2.72. The number of anilines is 3. The molecule has 28 heavy (non-hydrogen) atoms.